The summed E-state index contributed by atoms with van der Waals surface area (Å²) < 4.78 is 0.985. The molecule has 0 aliphatic heterocycles. The van der Waals surface area contributed by atoms with Crippen LogP contribution in [-0.2, 0) is 27.2 Å². The number of carboxylic acids is 1. The molecule has 0 radical (unpaired) electrons. The maximum absolute atomic E-state index is 13.6. The molecule has 3 unspecified atom stereocenters. The third kappa shape index (κ3) is 5.29. The van der Waals surface area contributed by atoms with Gasteiger partial charge in [0.1, 0.15) is 6.04 Å². The summed E-state index contributed by atoms with van der Waals surface area (Å²) >= 11 is 4.62. The molecule has 3 N–H and O–H groups in total. The molecule has 1 amide bonds. The molecule has 0 bridgehead atoms. The Hall–Kier alpha value is -3.17. The number of carbonyl (C=O) groups is 3. The number of carboxylic acid groups (broad SMARTS) is 1. The van der Waals surface area contributed by atoms with Crippen LogP contribution >= 0.6 is 27.7 Å². The van der Waals surface area contributed by atoms with E-state index in [1.54, 1.807) is 12.4 Å². The van der Waals surface area contributed by atoms with Crippen molar-refractivity contribution in [3.63, 3.8) is 0 Å². The van der Waals surface area contributed by atoms with Crippen molar-refractivity contribution in [2.45, 2.75) is 38.1 Å². The zero-order valence-corrected chi connectivity index (χ0v) is 22.6. The number of aromatic amines is 1. The van der Waals surface area contributed by atoms with Crippen LogP contribution in [0, 0.1) is 5.92 Å². The lowest BCUT2D eigenvalue weighted by molar-refractivity contribution is -0.142. The Balaban J connectivity index is 1.40. The number of aryl methyl sites for hydroxylation is 1. The van der Waals surface area contributed by atoms with E-state index in [0.29, 0.717) is 5.75 Å². The number of hydrogen-bond acceptors (Lipinski definition) is 5. The van der Waals surface area contributed by atoms with Crippen LogP contribution in [0.1, 0.15) is 36.0 Å². The summed E-state index contributed by atoms with van der Waals surface area (Å²) in [4.78, 5) is 45.3. The van der Waals surface area contributed by atoms with E-state index in [1.807, 2.05) is 36.4 Å². The van der Waals surface area contributed by atoms with Gasteiger partial charge in [0, 0.05) is 46.7 Å². The van der Waals surface area contributed by atoms with E-state index in [1.165, 1.54) is 12.5 Å². The monoisotopic (exact) mass is 579 g/mol. The highest BCUT2D eigenvalue weighted by molar-refractivity contribution is 9.10. The van der Waals surface area contributed by atoms with Gasteiger partial charge in [-0.2, -0.15) is 0 Å². The van der Waals surface area contributed by atoms with Crippen LogP contribution in [0.4, 0.5) is 0 Å². The first kappa shape index (κ1) is 25.5. The number of fused-ring (bicyclic) bond motifs is 4. The fraction of sp³-hybridized carbons (Fsp3) is 0.286. The van der Waals surface area contributed by atoms with E-state index in [4.69, 9.17) is 0 Å². The Morgan fingerprint density at radius 1 is 1.24 bits per heavy atom. The van der Waals surface area contributed by atoms with E-state index in [0.717, 1.165) is 62.0 Å². The second-order valence-corrected chi connectivity index (χ2v) is 11.5. The van der Waals surface area contributed by atoms with Crippen molar-refractivity contribution in [2.75, 3.05) is 5.75 Å². The first-order valence-electron chi connectivity index (χ1n) is 12.1. The van der Waals surface area contributed by atoms with Gasteiger partial charge >= 0.3 is 5.97 Å². The van der Waals surface area contributed by atoms with Gasteiger partial charge in [0.2, 0.25) is 5.91 Å². The van der Waals surface area contributed by atoms with E-state index in [-0.39, 0.29) is 23.4 Å². The molecule has 5 rings (SSSR count). The lowest BCUT2D eigenvalue weighted by atomic mass is 9.87. The van der Waals surface area contributed by atoms with Gasteiger partial charge in [0.15, 0.2) is 5.12 Å². The Labute approximate surface area is 226 Å². The third-order valence-corrected chi connectivity index (χ3v) is 8.49. The number of pyridine rings is 1. The number of aliphatic carboxylic acids is 1. The third-order valence-electron chi connectivity index (χ3n) is 7.07. The molecular formula is C28H26BrN3O4S. The van der Waals surface area contributed by atoms with Crippen LogP contribution < -0.4 is 5.32 Å². The van der Waals surface area contributed by atoms with Gasteiger partial charge in [0.05, 0.1) is 17.0 Å². The number of benzene rings is 2. The van der Waals surface area contributed by atoms with Crippen molar-refractivity contribution in [3.8, 4) is 0 Å². The minimum absolute atomic E-state index is 0.0683. The second kappa shape index (κ2) is 10.7. The molecule has 2 aromatic heterocycles. The first-order valence-corrected chi connectivity index (χ1v) is 13.9. The standard InChI is InChI=1S/C28H26BrN3O4S/c1-15(33)37-14-23(22-8-5-17-11-19(29)6-9-20(17)22)27(34)32-24(28(35)36)12-18-13-31-26-21(18)7-4-16-3-2-10-30-25(16)26/h2-4,6-7,9-11,13,22-24,31H,5,8,12,14H2,1H3,(H,32,34)(H,35,36). The molecule has 2 aromatic carbocycles. The predicted molar refractivity (Wildman–Crippen MR) is 149 cm³/mol. The highest BCUT2D eigenvalue weighted by Crippen LogP contribution is 2.41. The van der Waals surface area contributed by atoms with Crippen molar-refractivity contribution < 1.29 is 19.5 Å². The topological polar surface area (TPSA) is 112 Å². The predicted octanol–water partition coefficient (Wildman–Crippen LogP) is 5.22. The number of aromatic nitrogens is 2. The van der Waals surface area contributed by atoms with Gasteiger partial charge in [-0.15, -0.1) is 0 Å². The molecule has 0 saturated heterocycles. The molecule has 37 heavy (non-hydrogen) atoms. The van der Waals surface area contributed by atoms with Gasteiger partial charge in [-0.3, -0.25) is 14.6 Å². The second-order valence-electron chi connectivity index (χ2n) is 9.38. The van der Waals surface area contributed by atoms with Crippen molar-refractivity contribution in [1.82, 2.24) is 15.3 Å². The lowest BCUT2D eigenvalue weighted by Crippen LogP contribution is -2.46. The number of carbonyl (C=O) groups excluding carboxylic acids is 2. The van der Waals surface area contributed by atoms with Crippen LogP contribution in [0.3, 0.4) is 0 Å². The number of rotatable bonds is 8. The molecular weight excluding hydrogens is 554 g/mol. The van der Waals surface area contributed by atoms with Crippen LogP contribution in [0.15, 0.2) is 59.3 Å². The number of nitrogens with one attached hydrogen (secondary N) is 2. The fourth-order valence-electron chi connectivity index (χ4n) is 5.28. The maximum Gasteiger partial charge on any atom is 0.326 e. The fourth-order valence-corrected chi connectivity index (χ4v) is 6.49. The highest BCUT2D eigenvalue weighted by Gasteiger charge is 2.36. The van der Waals surface area contributed by atoms with Gasteiger partial charge in [-0.05, 0) is 53.6 Å². The molecule has 4 aromatic rings. The highest BCUT2D eigenvalue weighted by atomic mass is 79.9. The zero-order valence-electron chi connectivity index (χ0n) is 20.2. The van der Waals surface area contributed by atoms with Crippen molar-refractivity contribution in [3.05, 3.63) is 76.0 Å². The Kier molecular flexibility index (Phi) is 7.35. The zero-order chi connectivity index (χ0) is 26.1. The molecule has 2 heterocycles. The van der Waals surface area contributed by atoms with E-state index in [2.05, 4.69) is 37.3 Å². The molecule has 0 fully saturated rings. The molecule has 9 heteroatoms. The van der Waals surface area contributed by atoms with Crippen LogP contribution in [0.2, 0.25) is 0 Å². The van der Waals surface area contributed by atoms with Crippen LogP contribution in [0.5, 0.6) is 0 Å². The van der Waals surface area contributed by atoms with Gasteiger partial charge in [-0.1, -0.05) is 52.0 Å². The summed E-state index contributed by atoms with van der Waals surface area (Å²) in [6.07, 6.45) is 5.26. The number of hydrogen-bond donors (Lipinski definition) is 3. The number of nitrogens with zero attached hydrogens (tertiary/aromatic N) is 1. The first-order chi connectivity index (χ1) is 17.8. The van der Waals surface area contributed by atoms with Gasteiger partial charge in [0.25, 0.3) is 0 Å². The quantitative estimate of drug-likeness (QED) is 0.264. The smallest absolute Gasteiger partial charge is 0.326 e. The van der Waals surface area contributed by atoms with Crippen molar-refractivity contribution >= 4 is 66.5 Å². The van der Waals surface area contributed by atoms with Crippen molar-refractivity contribution in [1.29, 1.82) is 0 Å². The Bertz CT molecular complexity index is 1520. The summed E-state index contributed by atoms with van der Waals surface area (Å²) in [6, 6.07) is 12.7. The van der Waals surface area contributed by atoms with Gasteiger partial charge in [-0.25, -0.2) is 4.79 Å². The maximum atomic E-state index is 13.6. The van der Waals surface area contributed by atoms with Crippen LogP contribution in [-0.4, -0.2) is 43.9 Å². The molecule has 1 aliphatic carbocycles. The molecule has 7 nitrogen and oxygen atoms in total. The molecule has 190 valence electrons. The minimum Gasteiger partial charge on any atom is -0.480 e. The Morgan fingerprint density at radius 3 is 2.86 bits per heavy atom. The lowest BCUT2D eigenvalue weighted by Gasteiger charge is -2.25. The SMILES string of the molecule is CC(=O)SCC(C(=O)NC(Cc1c[nH]c2c1ccc1cccnc12)C(=O)O)C1CCc2cc(Br)ccc21. The molecule has 0 spiro atoms. The summed E-state index contributed by atoms with van der Waals surface area (Å²) in [6.45, 7) is 1.48. The average molecular weight is 581 g/mol. The van der Waals surface area contributed by atoms with E-state index in [9.17, 15) is 19.5 Å². The summed E-state index contributed by atoms with van der Waals surface area (Å²) in [5, 5.41) is 14.6. The average Bonchev–Trinajstić information content (AvgIpc) is 3.47. The molecule has 1 aliphatic rings. The normalized spacial score (nSPS) is 16.4. The summed E-state index contributed by atoms with van der Waals surface area (Å²) in [7, 11) is 0. The number of amides is 1. The summed E-state index contributed by atoms with van der Waals surface area (Å²) in [5.74, 6) is -1.73. The number of thioether (sulfide) groups is 1. The van der Waals surface area contributed by atoms with Crippen molar-refractivity contribution in [2.24, 2.45) is 5.92 Å². The molecule has 0 saturated carbocycles. The summed E-state index contributed by atoms with van der Waals surface area (Å²) in [5.41, 5.74) is 4.72. The largest absolute Gasteiger partial charge is 0.480 e. The van der Waals surface area contributed by atoms with E-state index >= 15 is 0 Å². The number of H-pyrrole nitrogens is 1. The molecule has 3 atom stereocenters. The van der Waals surface area contributed by atoms with Gasteiger partial charge < -0.3 is 15.4 Å². The van der Waals surface area contributed by atoms with Crippen LogP contribution in [0.25, 0.3) is 21.8 Å². The minimum atomic E-state index is -1.11. The Morgan fingerprint density at radius 2 is 2.08 bits per heavy atom. The van der Waals surface area contributed by atoms with E-state index < -0.39 is 17.9 Å². The number of halogens is 1.